The van der Waals surface area contributed by atoms with Crippen LogP contribution >= 0.6 is 11.6 Å². The van der Waals surface area contributed by atoms with Gasteiger partial charge in [0.1, 0.15) is 0 Å². The number of esters is 1. The summed E-state index contributed by atoms with van der Waals surface area (Å²) in [5, 5.41) is 0.523. The van der Waals surface area contributed by atoms with Gasteiger partial charge in [-0.25, -0.2) is 4.79 Å². The van der Waals surface area contributed by atoms with Crippen molar-refractivity contribution in [2.24, 2.45) is 0 Å². The van der Waals surface area contributed by atoms with Crippen LogP contribution in [0, 0.1) is 13.8 Å². The fourth-order valence-electron chi connectivity index (χ4n) is 2.49. The summed E-state index contributed by atoms with van der Waals surface area (Å²) in [6.45, 7) is 3.97. The third-order valence-electron chi connectivity index (χ3n) is 3.84. The predicted molar refractivity (Wildman–Crippen MR) is 79.0 cm³/mol. The van der Waals surface area contributed by atoms with E-state index in [4.69, 9.17) is 22.1 Å². The van der Waals surface area contributed by atoms with Crippen LogP contribution in [0.1, 0.15) is 38.7 Å². The van der Waals surface area contributed by atoms with Gasteiger partial charge in [0.05, 0.1) is 5.56 Å². The number of carbonyl (C=O) groups is 1. The van der Waals surface area contributed by atoms with E-state index in [2.05, 4.69) is 0 Å². The SMILES string of the molecule is Cc1ccc(C2OC(=O)c3cc(Cl)ccc32)c(N)c1C. The van der Waals surface area contributed by atoms with Crippen molar-refractivity contribution in [2.45, 2.75) is 20.0 Å². The Bertz CT molecular complexity index is 725. The molecule has 1 unspecified atom stereocenters. The van der Waals surface area contributed by atoms with E-state index < -0.39 is 6.10 Å². The number of cyclic esters (lactones) is 1. The van der Waals surface area contributed by atoms with Gasteiger partial charge in [0.15, 0.2) is 6.10 Å². The van der Waals surface area contributed by atoms with Crippen molar-refractivity contribution < 1.29 is 9.53 Å². The topological polar surface area (TPSA) is 52.3 Å². The van der Waals surface area contributed by atoms with Gasteiger partial charge in [-0.15, -0.1) is 0 Å². The Balaban J connectivity index is 2.15. The number of nitrogen functional groups attached to an aromatic ring is 1. The first-order chi connectivity index (χ1) is 9.49. The van der Waals surface area contributed by atoms with Gasteiger partial charge in [-0.3, -0.25) is 0 Å². The molecule has 0 fully saturated rings. The highest BCUT2D eigenvalue weighted by molar-refractivity contribution is 6.31. The van der Waals surface area contributed by atoms with E-state index in [1.807, 2.05) is 32.0 Å². The molecule has 0 radical (unpaired) electrons. The van der Waals surface area contributed by atoms with Crippen LogP contribution in [0.2, 0.25) is 5.02 Å². The van der Waals surface area contributed by atoms with Crippen LogP contribution in [0.15, 0.2) is 30.3 Å². The number of carbonyl (C=O) groups excluding carboxylic acids is 1. The van der Waals surface area contributed by atoms with Crippen LogP contribution in [0.3, 0.4) is 0 Å². The van der Waals surface area contributed by atoms with Gasteiger partial charge < -0.3 is 10.5 Å². The average molecular weight is 288 g/mol. The van der Waals surface area contributed by atoms with Crippen molar-refractivity contribution in [3.05, 3.63) is 63.2 Å². The molecular formula is C16H14ClNO2. The quantitative estimate of drug-likeness (QED) is 0.641. The second kappa shape index (κ2) is 4.53. The third-order valence-corrected chi connectivity index (χ3v) is 4.08. The molecule has 1 aliphatic rings. The normalized spacial score (nSPS) is 16.9. The Morgan fingerprint density at radius 1 is 1.15 bits per heavy atom. The zero-order valence-electron chi connectivity index (χ0n) is 11.2. The number of hydrogen-bond acceptors (Lipinski definition) is 3. The Morgan fingerprint density at radius 2 is 1.85 bits per heavy atom. The number of fused-ring (bicyclic) bond motifs is 1. The highest BCUT2D eigenvalue weighted by Crippen LogP contribution is 2.40. The van der Waals surface area contributed by atoms with Crippen LogP contribution in [0.25, 0.3) is 0 Å². The van der Waals surface area contributed by atoms with E-state index in [-0.39, 0.29) is 5.97 Å². The number of ether oxygens (including phenoxy) is 1. The van der Waals surface area contributed by atoms with Crippen LogP contribution < -0.4 is 5.73 Å². The van der Waals surface area contributed by atoms with E-state index in [1.165, 1.54) is 0 Å². The molecule has 0 saturated carbocycles. The van der Waals surface area contributed by atoms with Crippen molar-refractivity contribution in [1.29, 1.82) is 0 Å². The van der Waals surface area contributed by atoms with Crippen molar-refractivity contribution in [1.82, 2.24) is 0 Å². The standard InChI is InChI=1S/C16H14ClNO2/c1-8-3-5-12(14(18)9(8)2)15-11-6-4-10(17)7-13(11)16(19)20-15/h3-7,15H,18H2,1-2H3. The maximum atomic E-state index is 11.9. The fourth-order valence-corrected chi connectivity index (χ4v) is 2.66. The molecule has 1 atom stereocenters. The number of aryl methyl sites for hydroxylation is 1. The number of halogens is 1. The lowest BCUT2D eigenvalue weighted by Gasteiger charge is -2.16. The molecule has 0 aromatic heterocycles. The van der Waals surface area contributed by atoms with E-state index >= 15 is 0 Å². The van der Waals surface area contributed by atoms with Gasteiger partial charge in [0, 0.05) is 21.8 Å². The summed E-state index contributed by atoms with van der Waals surface area (Å²) < 4.78 is 5.47. The Hall–Kier alpha value is -2.00. The molecule has 2 aromatic carbocycles. The monoisotopic (exact) mass is 287 g/mol. The fraction of sp³-hybridized carbons (Fsp3) is 0.188. The van der Waals surface area contributed by atoms with Crippen LogP contribution in [-0.2, 0) is 4.74 Å². The van der Waals surface area contributed by atoms with E-state index in [9.17, 15) is 4.79 Å². The molecule has 0 spiro atoms. The minimum absolute atomic E-state index is 0.356. The molecule has 0 amide bonds. The molecule has 2 aromatic rings. The van der Waals surface area contributed by atoms with Gasteiger partial charge in [0.2, 0.25) is 0 Å². The molecular weight excluding hydrogens is 274 g/mol. The van der Waals surface area contributed by atoms with E-state index in [1.54, 1.807) is 12.1 Å². The summed E-state index contributed by atoms with van der Waals surface area (Å²) in [5.41, 5.74) is 11.1. The largest absolute Gasteiger partial charge is 0.449 e. The highest BCUT2D eigenvalue weighted by Gasteiger charge is 2.33. The Labute approximate surface area is 122 Å². The predicted octanol–water partition coefficient (Wildman–Crippen LogP) is 3.80. The van der Waals surface area contributed by atoms with Crippen LogP contribution in [0.5, 0.6) is 0 Å². The molecule has 0 saturated heterocycles. The van der Waals surface area contributed by atoms with Gasteiger partial charge >= 0.3 is 5.97 Å². The Kier molecular flexibility index (Phi) is 2.94. The lowest BCUT2D eigenvalue weighted by Crippen LogP contribution is -2.06. The molecule has 0 bridgehead atoms. The summed E-state index contributed by atoms with van der Waals surface area (Å²) in [6.07, 6.45) is -0.450. The van der Waals surface area contributed by atoms with Crippen LogP contribution in [-0.4, -0.2) is 5.97 Å². The van der Waals surface area contributed by atoms with Crippen LogP contribution in [0.4, 0.5) is 5.69 Å². The second-order valence-corrected chi connectivity index (χ2v) is 5.46. The summed E-state index contributed by atoms with van der Waals surface area (Å²) in [6, 6.07) is 9.12. The summed E-state index contributed by atoms with van der Waals surface area (Å²) >= 11 is 5.93. The molecule has 1 aliphatic heterocycles. The van der Waals surface area contributed by atoms with Gasteiger partial charge in [-0.05, 0) is 37.1 Å². The number of anilines is 1. The molecule has 102 valence electrons. The van der Waals surface area contributed by atoms with Crippen molar-refractivity contribution in [3.63, 3.8) is 0 Å². The van der Waals surface area contributed by atoms with Gasteiger partial charge in [0.25, 0.3) is 0 Å². The minimum Gasteiger partial charge on any atom is -0.449 e. The minimum atomic E-state index is -0.450. The molecule has 0 aliphatic carbocycles. The molecule has 3 nitrogen and oxygen atoms in total. The molecule has 1 heterocycles. The molecule has 4 heteroatoms. The first-order valence-electron chi connectivity index (χ1n) is 6.35. The van der Waals surface area contributed by atoms with Crippen molar-refractivity contribution >= 4 is 23.3 Å². The number of hydrogen-bond donors (Lipinski definition) is 1. The lowest BCUT2D eigenvalue weighted by atomic mass is 9.94. The molecule has 3 rings (SSSR count). The summed E-state index contributed by atoms with van der Waals surface area (Å²) in [4.78, 5) is 11.9. The van der Waals surface area contributed by atoms with E-state index in [0.717, 1.165) is 22.3 Å². The first kappa shape index (κ1) is 13.0. The third kappa shape index (κ3) is 1.86. The number of nitrogens with two attached hydrogens (primary N) is 1. The smallest absolute Gasteiger partial charge is 0.339 e. The average Bonchev–Trinajstić information content (AvgIpc) is 2.73. The summed E-state index contributed by atoms with van der Waals surface area (Å²) in [5.74, 6) is -0.356. The lowest BCUT2D eigenvalue weighted by molar-refractivity contribution is 0.0457. The molecule has 20 heavy (non-hydrogen) atoms. The molecule has 2 N–H and O–H groups in total. The first-order valence-corrected chi connectivity index (χ1v) is 6.73. The van der Waals surface area contributed by atoms with Gasteiger partial charge in [-0.1, -0.05) is 29.8 Å². The highest BCUT2D eigenvalue weighted by atomic mass is 35.5. The second-order valence-electron chi connectivity index (χ2n) is 5.03. The number of rotatable bonds is 1. The van der Waals surface area contributed by atoms with Crippen molar-refractivity contribution in [3.8, 4) is 0 Å². The zero-order chi connectivity index (χ0) is 14.4. The summed E-state index contributed by atoms with van der Waals surface area (Å²) in [7, 11) is 0. The maximum Gasteiger partial charge on any atom is 0.339 e. The Morgan fingerprint density at radius 3 is 2.60 bits per heavy atom. The van der Waals surface area contributed by atoms with E-state index in [0.29, 0.717) is 16.3 Å². The maximum absolute atomic E-state index is 11.9. The van der Waals surface area contributed by atoms with Crippen molar-refractivity contribution in [2.75, 3.05) is 5.73 Å². The van der Waals surface area contributed by atoms with Gasteiger partial charge in [-0.2, -0.15) is 0 Å². The zero-order valence-corrected chi connectivity index (χ0v) is 12.0. The number of benzene rings is 2.